The van der Waals surface area contributed by atoms with E-state index in [2.05, 4.69) is 191 Å². The van der Waals surface area contributed by atoms with Crippen LogP contribution in [0.15, 0.2) is 182 Å². The van der Waals surface area contributed by atoms with Crippen LogP contribution in [0.5, 0.6) is 0 Å². The van der Waals surface area contributed by atoms with E-state index in [1.807, 2.05) is 11.3 Å². The van der Waals surface area contributed by atoms with Crippen molar-refractivity contribution in [1.82, 2.24) is 9.13 Å². The lowest BCUT2D eigenvalue weighted by Gasteiger charge is -2.13. The second-order valence-corrected chi connectivity index (χ2v) is 14.4. The maximum absolute atomic E-state index is 2.46. The van der Waals surface area contributed by atoms with Gasteiger partial charge in [0.15, 0.2) is 0 Å². The lowest BCUT2D eigenvalue weighted by Crippen LogP contribution is -1.95. The fraction of sp³-hybridized carbons (Fsp3) is 0. The van der Waals surface area contributed by atoms with Crippen molar-refractivity contribution in [1.29, 1.82) is 0 Å². The summed E-state index contributed by atoms with van der Waals surface area (Å²) >= 11 is 1.89. The third-order valence-corrected chi connectivity index (χ3v) is 11.7. The van der Waals surface area contributed by atoms with E-state index in [0.717, 1.165) is 0 Å². The van der Waals surface area contributed by atoms with Gasteiger partial charge in [0.05, 0.1) is 22.1 Å². The van der Waals surface area contributed by atoms with E-state index in [-0.39, 0.29) is 0 Å². The van der Waals surface area contributed by atoms with Gasteiger partial charge in [0.2, 0.25) is 0 Å². The summed E-state index contributed by atoms with van der Waals surface area (Å²) in [5.74, 6) is 0. The van der Waals surface area contributed by atoms with Crippen LogP contribution >= 0.6 is 11.3 Å². The molecule has 11 rings (SSSR count). The zero-order valence-corrected chi connectivity index (χ0v) is 28.4. The first-order valence-electron chi connectivity index (χ1n) is 17.4. The van der Waals surface area contributed by atoms with Crippen molar-refractivity contribution in [2.24, 2.45) is 0 Å². The highest BCUT2D eigenvalue weighted by Crippen LogP contribution is 2.44. The highest BCUT2D eigenvalue weighted by Gasteiger charge is 2.19. The number of aromatic nitrogens is 2. The molecule has 2 nitrogen and oxygen atoms in total. The first-order chi connectivity index (χ1) is 25.3. The van der Waals surface area contributed by atoms with E-state index in [4.69, 9.17) is 0 Å². The van der Waals surface area contributed by atoms with Gasteiger partial charge in [0.25, 0.3) is 0 Å². The number of nitrogens with zero attached hydrogens (tertiary/aromatic N) is 2. The topological polar surface area (TPSA) is 9.86 Å². The molecular formula is C48H30N2S. The zero-order valence-electron chi connectivity index (χ0n) is 27.6. The number of hydrogen-bond donors (Lipinski definition) is 0. The molecule has 0 saturated carbocycles. The largest absolute Gasteiger partial charge is 0.309 e. The second-order valence-electron chi connectivity index (χ2n) is 13.3. The van der Waals surface area contributed by atoms with E-state index in [9.17, 15) is 0 Å². The molecule has 0 bridgehead atoms. The van der Waals surface area contributed by atoms with Gasteiger partial charge in [0, 0.05) is 58.7 Å². The molecular weight excluding hydrogens is 637 g/mol. The number of fused-ring (bicyclic) bond motifs is 9. The molecule has 0 unspecified atom stereocenters. The molecule has 51 heavy (non-hydrogen) atoms. The lowest BCUT2D eigenvalue weighted by molar-refractivity contribution is 1.18. The molecule has 0 spiro atoms. The molecule has 3 heteroatoms. The Balaban J connectivity index is 1.14. The number of benzene rings is 8. The summed E-state index contributed by atoms with van der Waals surface area (Å²) in [5.41, 5.74) is 12.2. The minimum absolute atomic E-state index is 1.18. The van der Waals surface area contributed by atoms with Crippen LogP contribution in [0.2, 0.25) is 0 Å². The van der Waals surface area contributed by atoms with Gasteiger partial charge >= 0.3 is 0 Å². The molecule has 11 aromatic rings. The summed E-state index contributed by atoms with van der Waals surface area (Å²) in [7, 11) is 0. The number of para-hydroxylation sites is 3. The van der Waals surface area contributed by atoms with E-state index in [1.165, 1.54) is 97.4 Å². The predicted molar refractivity (Wildman–Crippen MR) is 219 cm³/mol. The monoisotopic (exact) mass is 666 g/mol. The Labute approximate surface area is 298 Å². The molecule has 0 aliphatic rings. The molecule has 0 amide bonds. The van der Waals surface area contributed by atoms with Crippen molar-refractivity contribution in [2.45, 2.75) is 0 Å². The fourth-order valence-electron chi connectivity index (χ4n) is 8.21. The van der Waals surface area contributed by atoms with Crippen LogP contribution in [0.4, 0.5) is 0 Å². The van der Waals surface area contributed by atoms with Crippen LogP contribution < -0.4 is 0 Å². The Kier molecular flexibility index (Phi) is 6.16. The molecule has 8 aromatic carbocycles. The smallest absolute Gasteiger partial charge is 0.0541 e. The van der Waals surface area contributed by atoms with Crippen LogP contribution in [0.1, 0.15) is 0 Å². The second kappa shape index (κ2) is 11.0. The van der Waals surface area contributed by atoms with Crippen molar-refractivity contribution >= 4 is 75.1 Å². The number of hydrogen-bond acceptors (Lipinski definition) is 1. The summed E-state index contributed by atoms with van der Waals surface area (Å²) in [6, 6.07) is 66.6. The van der Waals surface area contributed by atoms with Crippen LogP contribution in [0.3, 0.4) is 0 Å². The highest BCUT2D eigenvalue weighted by atomic mass is 32.1. The van der Waals surface area contributed by atoms with E-state index >= 15 is 0 Å². The number of thiophene rings is 1. The lowest BCUT2D eigenvalue weighted by atomic mass is 10.0. The fourth-order valence-corrected chi connectivity index (χ4v) is 9.43. The van der Waals surface area contributed by atoms with Gasteiger partial charge in [-0.2, -0.15) is 0 Å². The summed E-state index contributed by atoms with van der Waals surface area (Å²) < 4.78 is 7.49. The Morgan fingerprint density at radius 1 is 0.314 bits per heavy atom. The van der Waals surface area contributed by atoms with Crippen molar-refractivity contribution in [3.63, 3.8) is 0 Å². The van der Waals surface area contributed by atoms with Crippen molar-refractivity contribution < 1.29 is 0 Å². The first-order valence-corrected chi connectivity index (χ1v) is 18.3. The highest BCUT2D eigenvalue weighted by molar-refractivity contribution is 7.26. The molecule has 0 fully saturated rings. The van der Waals surface area contributed by atoms with Gasteiger partial charge < -0.3 is 9.13 Å². The average molecular weight is 667 g/mol. The molecule has 0 atom stereocenters. The first kappa shape index (κ1) is 28.4. The third kappa shape index (κ3) is 4.29. The van der Waals surface area contributed by atoms with E-state index in [1.54, 1.807) is 0 Å². The Bertz CT molecular complexity index is 3130. The van der Waals surface area contributed by atoms with Crippen LogP contribution in [-0.4, -0.2) is 9.13 Å². The maximum atomic E-state index is 2.46. The van der Waals surface area contributed by atoms with Crippen molar-refractivity contribution in [2.75, 3.05) is 0 Å². The molecule has 3 aromatic heterocycles. The van der Waals surface area contributed by atoms with Crippen molar-refractivity contribution in [3.05, 3.63) is 182 Å². The zero-order chi connectivity index (χ0) is 33.5. The molecule has 238 valence electrons. The predicted octanol–water partition coefficient (Wildman–Crippen LogP) is 13.6. The van der Waals surface area contributed by atoms with Gasteiger partial charge in [-0.1, -0.05) is 115 Å². The van der Waals surface area contributed by atoms with Crippen LogP contribution in [-0.2, 0) is 0 Å². The van der Waals surface area contributed by atoms with Crippen LogP contribution in [0, 0.1) is 0 Å². The standard InChI is InChI=1S/C48H30N2S/c1-3-13-31(14-4-1)39-29-35(30-42-38-19-9-12-22-47(38)51-48(39)42)50-44-21-11-8-18-37(44)41-28-33(24-26-46(41)50)32-23-25-45-40(27-32)36-17-7-10-20-43(36)49(45)34-15-5-2-6-16-34/h1-30H. The normalized spacial score (nSPS) is 11.9. The minimum atomic E-state index is 1.18. The molecule has 0 aliphatic heterocycles. The quantitative estimate of drug-likeness (QED) is 0.177. The molecule has 0 aliphatic carbocycles. The summed E-state index contributed by atoms with van der Waals surface area (Å²) in [6.45, 7) is 0. The molecule has 0 radical (unpaired) electrons. The summed E-state index contributed by atoms with van der Waals surface area (Å²) in [4.78, 5) is 0. The van der Waals surface area contributed by atoms with Crippen LogP contribution in [0.25, 0.3) is 97.4 Å². The van der Waals surface area contributed by atoms with Gasteiger partial charge in [-0.25, -0.2) is 0 Å². The van der Waals surface area contributed by atoms with Gasteiger partial charge in [-0.05, 0) is 83.4 Å². The summed E-state index contributed by atoms with van der Waals surface area (Å²) in [5, 5.41) is 7.65. The molecule has 3 heterocycles. The van der Waals surface area contributed by atoms with Crippen molar-refractivity contribution in [3.8, 4) is 33.6 Å². The average Bonchev–Trinajstić information content (AvgIpc) is 3.85. The molecule has 0 N–H and O–H groups in total. The SMILES string of the molecule is c1ccc(-c2cc(-n3c4ccccc4c4cc(-c5ccc6c(c5)c5ccccc5n6-c5ccccc5)ccc43)cc3c2sc2ccccc23)cc1. The Hall–Kier alpha value is -6.42. The maximum Gasteiger partial charge on any atom is 0.0541 e. The summed E-state index contributed by atoms with van der Waals surface area (Å²) in [6.07, 6.45) is 0. The minimum Gasteiger partial charge on any atom is -0.309 e. The van der Waals surface area contributed by atoms with Gasteiger partial charge in [-0.3, -0.25) is 0 Å². The van der Waals surface area contributed by atoms with Gasteiger partial charge in [-0.15, -0.1) is 11.3 Å². The van der Waals surface area contributed by atoms with E-state index in [0.29, 0.717) is 0 Å². The number of rotatable bonds is 4. The third-order valence-electron chi connectivity index (χ3n) is 10.5. The molecule has 0 saturated heterocycles. The Morgan fingerprint density at radius 2 is 0.824 bits per heavy atom. The van der Waals surface area contributed by atoms with Gasteiger partial charge in [0.1, 0.15) is 0 Å². The Morgan fingerprint density at radius 3 is 1.47 bits per heavy atom. The van der Waals surface area contributed by atoms with E-state index < -0.39 is 0 Å².